The molecule has 2 rings (SSSR count). The maximum atomic E-state index is 12.4. The molecule has 0 aliphatic rings. The first-order valence-electron chi connectivity index (χ1n) is 9.28. The Morgan fingerprint density at radius 3 is 2.34 bits per heavy atom. The fourth-order valence-electron chi connectivity index (χ4n) is 2.70. The lowest BCUT2D eigenvalue weighted by Gasteiger charge is -2.10. The number of carbonyl (C=O) groups excluding carboxylic acids is 2. The minimum Gasteiger partial charge on any atom is -0.495 e. The van der Waals surface area contributed by atoms with Crippen LogP contribution in [-0.4, -0.2) is 40.4 Å². The van der Waals surface area contributed by atoms with Crippen LogP contribution < -0.4 is 9.46 Å². The summed E-state index contributed by atoms with van der Waals surface area (Å²) in [5.41, 5.74) is 1.39. The van der Waals surface area contributed by atoms with Crippen LogP contribution >= 0.6 is 0 Å². The number of carbonyl (C=O) groups is 2. The van der Waals surface area contributed by atoms with Crippen molar-refractivity contribution in [3.8, 4) is 5.75 Å². The third-order valence-electron chi connectivity index (χ3n) is 4.20. The van der Waals surface area contributed by atoms with Crippen LogP contribution in [0.1, 0.15) is 35.7 Å². The molecule has 0 amide bonds. The summed E-state index contributed by atoms with van der Waals surface area (Å²) < 4.78 is 37.4. The van der Waals surface area contributed by atoms with Gasteiger partial charge in [-0.15, -0.1) is 0 Å². The summed E-state index contributed by atoms with van der Waals surface area (Å²) in [5.74, 6) is -0.244. The van der Waals surface area contributed by atoms with Crippen LogP contribution in [0.5, 0.6) is 5.75 Å². The molecule has 2 aromatic carbocycles. The first-order chi connectivity index (χ1) is 13.9. The molecule has 156 valence electrons. The first kappa shape index (κ1) is 22.6. The molecule has 7 nitrogen and oxygen atoms in total. The van der Waals surface area contributed by atoms with E-state index in [1.54, 1.807) is 49.4 Å². The Kier molecular flexibility index (Phi) is 8.35. The Morgan fingerprint density at radius 1 is 1.00 bits per heavy atom. The zero-order valence-electron chi connectivity index (χ0n) is 16.5. The van der Waals surface area contributed by atoms with Gasteiger partial charge in [0.05, 0.1) is 20.1 Å². The van der Waals surface area contributed by atoms with Crippen molar-refractivity contribution in [1.82, 2.24) is 4.72 Å². The van der Waals surface area contributed by atoms with E-state index in [1.807, 2.05) is 0 Å². The molecule has 2 aromatic rings. The van der Waals surface area contributed by atoms with Crippen LogP contribution in [0.2, 0.25) is 0 Å². The molecule has 0 spiro atoms. The largest absolute Gasteiger partial charge is 0.495 e. The zero-order chi connectivity index (χ0) is 21.3. The fourth-order valence-corrected chi connectivity index (χ4v) is 3.90. The van der Waals surface area contributed by atoms with Gasteiger partial charge in [-0.1, -0.05) is 36.4 Å². The molecule has 1 N–H and O–H groups in total. The van der Waals surface area contributed by atoms with Crippen LogP contribution in [0.15, 0.2) is 53.4 Å². The van der Waals surface area contributed by atoms with Gasteiger partial charge in [0.15, 0.2) is 5.78 Å². The van der Waals surface area contributed by atoms with Crippen molar-refractivity contribution < 1.29 is 27.5 Å². The number of para-hydroxylation sites is 1. The lowest BCUT2D eigenvalue weighted by atomic mass is 10.0. The highest BCUT2D eigenvalue weighted by Gasteiger charge is 2.18. The molecular formula is C21H25NO6S. The van der Waals surface area contributed by atoms with Gasteiger partial charge in [0.2, 0.25) is 10.0 Å². The highest BCUT2D eigenvalue weighted by molar-refractivity contribution is 7.89. The molecule has 0 bridgehead atoms. The summed E-state index contributed by atoms with van der Waals surface area (Å²) >= 11 is 0. The van der Waals surface area contributed by atoms with Crippen LogP contribution in [0.25, 0.3) is 0 Å². The Hall–Kier alpha value is -2.71. The van der Waals surface area contributed by atoms with Crippen LogP contribution in [-0.2, 0) is 26.0 Å². The molecule has 0 saturated carbocycles. The average molecular weight is 419 g/mol. The molecular weight excluding hydrogens is 394 g/mol. The van der Waals surface area contributed by atoms with Crippen LogP contribution in [0.4, 0.5) is 0 Å². The van der Waals surface area contributed by atoms with Crippen molar-refractivity contribution in [1.29, 1.82) is 0 Å². The summed E-state index contributed by atoms with van der Waals surface area (Å²) in [4.78, 5) is 23.5. The molecule has 0 aromatic heterocycles. The van der Waals surface area contributed by atoms with Gasteiger partial charge in [-0.2, -0.15) is 0 Å². The van der Waals surface area contributed by atoms with Crippen molar-refractivity contribution in [2.45, 2.75) is 31.1 Å². The van der Waals surface area contributed by atoms with E-state index >= 15 is 0 Å². The predicted molar refractivity (Wildman–Crippen MR) is 109 cm³/mol. The Balaban J connectivity index is 1.88. The molecule has 0 atom stereocenters. The number of nitrogens with one attached hydrogen (secondary N) is 1. The molecule has 8 heteroatoms. The third kappa shape index (κ3) is 6.69. The minimum absolute atomic E-state index is 0.0547. The second-order valence-corrected chi connectivity index (χ2v) is 7.96. The average Bonchev–Trinajstić information content (AvgIpc) is 2.72. The number of rotatable bonds is 11. The molecule has 0 unspecified atom stereocenters. The van der Waals surface area contributed by atoms with E-state index in [1.165, 1.54) is 13.2 Å². The Morgan fingerprint density at radius 2 is 1.69 bits per heavy atom. The van der Waals surface area contributed by atoms with E-state index in [-0.39, 0.29) is 41.8 Å². The van der Waals surface area contributed by atoms with Crippen LogP contribution in [0, 0.1) is 0 Å². The quantitative estimate of drug-likeness (QED) is 0.444. The van der Waals surface area contributed by atoms with E-state index < -0.39 is 10.0 Å². The minimum atomic E-state index is -3.69. The maximum Gasteiger partial charge on any atom is 0.306 e. The van der Waals surface area contributed by atoms with Crippen molar-refractivity contribution in [3.63, 3.8) is 0 Å². The van der Waals surface area contributed by atoms with Gasteiger partial charge in [0, 0.05) is 18.5 Å². The van der Waals surface area contributed by atoms with E-state index in [9.17, 15) is 18.0 Å². The summed E-state index contributed by atoms with van der Waals surface area (Å²) in [7, 11) is -2.27. The number of benzene rings is 2. The molecule has 0 aliphatic carbocycles. The van der Waals surface area contributed by atoms with Gasteiger partial charge in [-0.3, -0.25) is 9.59 Å². The lowest BCUT2D eigenvalue weighted by Crippen LogP contribution is -2.26. The van der Waals surface area contributed by atoms with Gasteiger partial charge in [-0.05, 0) is 31.0 Å². The Labute approximate surface area is 171 Å². The number of ketones is 1. The highest BCUT2D eigenvalue weighted by atomic mass is 32.2. The van der Waals surface area contributed by atoms with E-state index in [4.69, 9.17) is 9.47 Å². The number of sulfonamides is 1. The molecule has 0 heterocycles. The number of ether oxygens (including phenoxy) is 2. The zero-order valence-corrected chi connectivity index (χ0v) is 17.3. The normalized spacial score (nSPS) is 11.1. The number of hydrogen-bond acceptors (Lipinski definition) is 6. The second kappa shape index (κ2) is 10.7. The smallest absolute Gasteiger partial charge is 0.306 e. The molecule has 0 saturated heterocycles. The van der Waals surface area contributed by atoms with Gasteiger partial charge in [0.25, 0.3) is 0 Å². The van der Waals surface area contributed by atoms with Gasteiger partial charge in [0.1, 0.15) is 10.6 Å². The third-order valence-corrected chi connectivity index (χ3v) is 5.70. The van der Waals surface area contributed by atoms with Crippen molar-refractivity contribution in [2.75, 3.05) is 20.3 Å². The van der Waals surface area contributed by atoms with Crippen molar-refractivity contribution >= 4 is 21.8 Å². The molecule has 0 radical (unpaired) electrons. The monoisotopic (exact) mass is 419 g/mol. The topological polar surface area (TPSA) is 98.8 Å². The van der Waals surface area contributed by atoms with Gasteiger partial charge < -0.3 is 9.47 Å². The SMILES string of the molecule is CCOC(=O)CCC(=O)c1ccc(CCNS(=O)(=O)c2ccccc2OC)cc1. The van der Waals surface area contributed by atoms with E-state index in [0.29, 0.717) is 18.6 Å². The number of methoxy groups -OCH3 is 1. The highest BCUT2D eigenvalue weighted by Crippen LogP contribution is 2.22. The van der Waals surface area contributed by atoms with Crippen molar-refractivity contribution in [3.05, 3.63) is 59.7 Å². The summed E-state index contributed by atoms with van der Waals surface area (Å²) in [6.45, 7) is 2.22. The number of hydrogen-bond donors (Lipinski definition) is 1. The second-order valence-electron chi connectivity index (χ2n) is 6.22. The summed E-state index contributed by atoms with van der Waals surface area (Å²) in [6.07, 6.45) is 0.613. The van der Waals surface area contributed by atoms with Gasteiger partial charge in [-0.25, -0.2) is 13.1 Å². The standard InChI is InChI=1S/C21H25NO6S/c1-3-28-21(24)13-12-18(23)17-10-8-16(9-11-17)14-15-22-29(25,26)20-7-5-4-6-19(20)27-2/h4-11,22H,3,12-15H2,1-2H3. The number of esters is 1. The lowest BCUT2D eigenvalue weighted by molar-refractivity contribution is -0.143. The van der Waals surface area contributed by atoms with E-state index in [2.05, 4.69) is 4.72 Å². The molecule has 0 fully saturated rings. The van der Waals surface area contributed by atoms with Crippen molar-refractivity contribution in [2.24, 2.45) is 0 Å². The fraction of sp³-hybridized carbons (Fsp3) is 0.333. The predicted octanol–water partition coefficient (Wildman–Crippen LogP) is 2.74. The first-order valence-corrected chi connectivity index (χ1v) is 10.8. The van der Waals surface area contributed by atoms with Crippen LogP contribution in [0.3, 0.4) is 0 Å². The molecule has 0 aliphatic heterocycles. The summed E-state index contributed by atoms with van der Waals surface area (Å²) in [5, 5.41) is 0. The molecule has 29 heavy (non-hydrogen) atoms. The number of Topliss-reactive ketones (excluding diaryl/α,β-unsaturated/α-hetero) is 1. The van der Waals surface area contributed by atoms with Gasteiger partial charge >= 0.3 is 5.97 Å². The summed E-state index contributed by atoms with van der Waals surface area (Å²) in [6, 6.07) is 13.3. The Bertz CT molecular complexity index is 938. The van der Waals surface area contributed by atoms with E-state index in [0.717, 1.165) is 5.56 Å². The maximum absolute atomic E-state index is 12.4.